The Bertz CT molecular complexity index is 860. The van der Waals surface area contributed by atoms with E-state index in [1.165, 1.54) is 0 Å². The highest BCUT2D eigenvalue weighted by Gasteiger charge is 2.13. The summed E-state index contributed by atoms with van der Waals surface area (Å²) in [5.41, 5.74) is 5.14. The molecule has 5 nitrogen and oxygen atoms in total. The molecule has 0 atom stereocenters. The summed E-state index contributed by atoms with van der Waals surface area (Å²) in [7, 11) is 0. The summed E-state index contributed by atoms with van der Waals surface area (Å²) in [5, 5.41) is 9.25. The van der Waals surface area contributed by atoms with Crippen LogP contribution in [0.15, 0.2) is 84.0 Å². The van der Waals surface area contributed by atoms with Gasteiger partial charge in [0.25, 0.3) is 0 Å². The number of rotatable bonds is 5. The van der Waals surface area contributed by atoms with Crippen LogP contribution in [0.2, 0.25) is 0 Å². The Morgan fingerprint density at radius 3 is 2.24 bits per heavy atom. The molecule has 0 aliphatic carbocycles. The quantitative estimate of drug-likeness (QED) is 0.325. The van der Waals surface area contributed by atoms with Crippen LogP contribution < -0.4 is 5.48 Å². The van der Waals surface area contributed by atoms with E-state index in [0.29, 0.717) is 11.3 Å². The van der Waals surface area contributed by atoms with Gasteiger partial charge in [0.15, 0.2) is 5.84 Å². The summed E-state index contributed by atoms with van der Waals surface area (Å²) in [6, 6.07) is 22.5. The number of nitrogens with one attached hydrogen (secondary N) is 1. The molecule has 5 heteroatoms. The second-order valence-electron chi connectivity index (χ2n) is 5.37. The molecular formula is C20H17N3O2. The second-order valence-corrected chi connectivity index (χ2v) is 5.37. The zero-order valence-electron chi connectivity index (χ0n) is 13.5. The Labute approximate surface area is 145 Å². The molecule has 0 unspecified atom stereocenters. The first-order chi connectivity index (χ1) is 12.3. The van der Waals surface area contributed by atoms with Crippen molar-refractivity contribution in [2.45, 2.75) is 6.54 Å². The lowest BCUT2D eigenvalue weighted by molar-refractivity contribution is 0.104. The molecule has 0 fully saturated rings. The Morgan fingerprint density at radius 2 is 1.60 bits per heavy atom. The van der Waals surface area contributed by atoms with Crippen molar-refractivity contribution >= 4 is 11.6 Å². The van der Waals surface area contributed by atoms with Crippen molar-refractivity contribution in [1.82, 2.24) is 10.5 Å². The van der Waals surface area contributed by atoms with Gasteiger partial charge in [-0.2, -0.15) is 0 Å². The highest BCUT2D eigenvalue weighted by Crippen LogP contribution is 2.19. The van der Waals surface area contributed by atoms with Crippen LogP contribution in [-0.2, 0) is 6.54 Å². The summed E-state index contributed by atoms with van der Waals surface area (Å²) in [6.45, 7) is 0.206. The van der Waals surface area contributed by atoms with Crippen molar-refractivity contribution in [3.8, 4) is 11.1 Å². The molecule has 3 aromatic rings. The van der Waals surface area contributed by atoms with Crippen LogP contribution in [-0.4, -0.2) is 21.8 Å². The van der Waals surface area contributed by atoms with E-state index in [1.807, 2.05) is 54.0 Å². The van der Waals surface area contributed by atoms with Gasteiger partial charge in [-0.15, -0.1) is 0 Å². The van der Waals surface area contributed by atoms with Crippen molar-refractivity contribution in [3.63, 3.8) is 0 Å². The van der Waals surface area contributed by atoms with Crippen LogP contribution in [0.25, 0.3) is 11.1 Å². The average Bonchev–Trinajstić information content (AvgIpc) is 2.70. The Hall–Kier alpha value is -3.31. The molecule has 25 heavy (non-hydrogen) atoms. The number of Topliss-reactive ketones (excluding diaryl/α,β-unsaturated/α-hetero) is 1. The predicted octanol–water partition coefficient (Wildman–Crippen LogP) is 3.51. The SMILES string of the molecule is O=C(C(=NCc1ccccn1)NO)c1ccc(-c2ccccc2)cc1. The molecule has 0 amide bonds. The fourth-order valence-electron chi connectivity index (χ4n) is 2.39. The maximum Gasteiger partial charge on any atom is 0.229 e. The molecule has 1 aromatic heterocycles. The van der Waals surface area contributed by atoms with Gasteiger partial charge >= 0.3 is 0 Å². The van der Waals surface area contributed by atoms with Crippen LogP contribution in [0.4, 0.5) is 0 Å². The number of aliphatic imine (C=N–C) groups is 1. The first-order valence-corrected chi connectivity index (χ1v) is 7.82. The van der Waals surface area contributed by atoms with Crippen LogP contribution in [0.1, 0.15) is 16.1 Å². The predicted molar refractivity (Wildman–Crippen MR) is 96.5 cm³/mol. The van der Waals surface area contributed by atoms with E-state index in [-0.39, 0.29) is 18.2 Å². The Kier molecular flexibility index (Phi) is 5.29. The number of carbonyl (C=O) groups excluding carboxylic acids is 1. The third-order valence-corrected chi connectivity index (χ3v) is 3.70. The number of benzene rings is 2. The van der Waals surface area contributed by atoms with E-state index < -0.39 is 0 Å². The molecule has 3 rings (SSSR count). The molecule has 0 bridgehead atoms. The first-order valence-electron chi connectivity index (χ1n) is 7.82. The van der Waals surface area contributed by atoms with Crippen molar-refractivity contribution in [1.29, 1.82) is 0 Å². The van der Waals surface area contributed by atoms with Gasteiger partial charge < -0.3 is 0 Å². The van der Waals surface area contributed by atoms with Crippen molar-refractivity contribution in [2.24, 2.45) is 4.99 Å². The van der Waals surface area contributed by atoms with Crippen LogP contribution in [0.3, 0.4) is 0 Å². The lowest BCUT2D eigenvalue weighted by Gasteiger charge is -2.06. The molecule has 0 spiro atoms. The number of nitrogens with zero attached hydrogens (tertiary/aromatic N) is 2. The van der Waals surface area contributed by atoms with Crippen LogP contribution >= 0.6 is 0 Å². The van der Waals surface area contributed by atoms with E-state index >= 15 is 0 Å². The number of aromatic nitrogens is 1. The standard InChI is InChI=1S/C20H17N3O2/c24-19(20(23-25)22-14-18-8-4-5-13-21-18)17-11-9-16(10-12-17)15-6-2-1-3-7-15/h1-13,25H,14H2,(H,22,23). The summed E-state index contributed by atoms with van der Waals surface area (Å²) in [6.07, 6.45) is 1.65. The van der Waals surface area contributed by atoms with Crippen molar-refractivity contribution < 1.29 is 10.0 Å². The molecule has 1 heterocycles. The molecular weight excluding hydrogens is 314 g/mol. The summed E-state index contributed by atoms with van der Waals surface area (Å²) >= 11 is 0. The fraction of sp³-hybridized carbons (Fsp3) is 0.0500. The lowest BCUT2D eigenvalue weighted by atomic mass is 10.0. The third kappa shape index (κ3) is 4.16. The maximum absolute atomic E-state index is 12.5. The number of amidine groups is 1. The zero-order valence-corrected chi connectivity index (χ0v) is 13.5. The van der Waals surface area contributed by atoms with Crippen LogP contribution in [0, 0.1) is 0 Å². The third-order valence-electron chi connectivity index (χ3n) is 3.70. The number of hydrogen-bond acceptors (Lipinski definition) is 4. The zero-order chi connectivity index (χ0) is 17.5. The minimum absolute atomic E-state index is 0.113. The van der Waals surface area contributed by atoms with E-state index in [1.54, 1.807) is 30.5 Å². The average molecular weight is 331 g/mol. The van der Waals surface area contributed by atoms with Gasteiger partial charge in [0.2, 0.25) is 5.78 Å². The van der Waals surface area contributed by atoms with Gasteiger partial charge in [0.1, 0.15) is 0 Å². The van der Waals surface area contributed by atoms with Gasteiger partial charge in [-0.05, 0) is 23.3 Å². The van der Waals surface area contributed by atoms with Gasteiger partial charge in [-0.3, -0.25) is 20.0 Å². The molecule has 0 aliphatic rings. The number of hydrogen-bond donors (Lipinski definition) is 2. The van der Waals surface area contributed by atoms with Gasteiger partial charge in [-0.1, -0.05) is 60.7 Å². The smallest absolute Gasteiger partial charge is 0.229 e. The van der Waals surface area contributed by atoms with E-state index in [9.17, 15) is 10.0 Å². The number of hydroxylamine groups is 1. The molecule has 0 saturated heterocycles. The van der Waals surface area contributed by atoms with Crippen molar-refractivity contribution in [2.75, 3.05) is 0 Å². The minimum Gasteiger partial charge on any atom is -0.290 e. The summed E-state index contributed by atoms with van der Waals surface area (Å²) in [4.78, 5) is 20.7. The second kappa shape index (κ2) is 7.99. The summed E-state index contributed by atoms with van der Waals surface area (Å²) in [5.74, 6) is -0.490. The molecule has 124 valence electrons. The Balaban J connectivity index is 1.76. The Morgan fingerprint density at radius 1 is 0.920 bits per heavy atom. The normalized spacial score (nSPS) is 11.2. The highest BCUT2D eigenvalue weighted by atomic mass is 16.5. The molecule has 0 aliphatic heterocycles. The summed E-state index contributed by atoms with van der Waals surface area (Å²) < 4.78 is 0. The van der Waals surface area contributed by atoms with Gasteiger partial charge in [0, 0.05) is 11.8 Å². The first kappa shape index (κ1) is 16.5. The number of ketones is 1. The van der Waals surface area contributed by atoms with Crippen molar-refractivity contribution in [3.05, 3.63) is 90.3 Å². The minimum atomic E-state index is -0.377. The monoisotopic (exact) mass is 331 g/mol. The van der Waals surface area contributed by atoms with Crippen LogP contribution in [0.5, 0.6) is 0 Å². The largest absolute Gasteiger partial charge is 0.290 e. The van der Waals surface area contributed by atoms with E-state index in [2.05, 4.69) is 9.98 Å². The number of pyridine rings is 1. The molecule has 2 N–H and O–H groups in total. The highest BCUT2D eigenvalue weighted by molar-refractivity contribution is 6.44. The topological polar surface area (TPSA) is 74.6 Å². The van der Waals surface area contributed by atoms with E-state index in [4.69, 9.17) is 0 Å². The molecule has 0 radical (unpaired) electrons. The number of carbonyl (C=O) groups is 1. The molecule has 2 aromatic carbocycles. The van der Waals surface area contributed by atoms with E-state index in [0.717, 1.165) is 11.1 Å². The lowest BCUT2D eigenvalue weighted by Crippen LogP contribution is -2.28. The molecule has 0 saturated carbocycles. The fourth-order valence-corrected chi connectivity index (χ4v) is 2.39. The van der Waals surface area contributed by atoms with Gasteiger partial charge in [-0.25, -0.2) is 5.48 Å². The van der Waals surface area contributed by atoms with Gasteiger partial charge in [0.05, 0.1) is 12.2 Å². The maximum atomic E-state index is 12.5.